The van der Waals surface area contributed by atoms with Gasteiger partial charge in [0.25, 0.3) is 0 Å². The molecule has 2 heterocycles. The fourth-order valence-electron chi connectivity index (χ4n) is 8.81. The Morgan fingerprint density at radius 2 is 0.814 bits per heavy atom. The summed E-state index contributed by atoms with van der Waals surface area (Å²) in [5.74, 6) is 0. The van der Waals surface area contributed by atoms with Gasteiger partial charge >= 0.3 is 260 Å². The van der Waals surface area contributed by atoms with Crippen molar-refractivity contribution < 1.29 is 16.6 Å². The van der Waals surface area contributed by atoms with Gasteiger partial charge in [-0.15, -0.1) is 0 Å². The number of para-hydroxylation sites is 4. The van der Waals surface area contributed by atoms with Crippen LogP contribution < -0.4 is 0 Å². The molecule has 212 valence electrons. The summed E-state index contributed by atoms with van der Waals surface area (Å²) in [6.07, 6.45) is 0. The number of allylic oxidation sites excluding steroid dienone is 4. The van der Waals surface area contributed by atoms with Gasteiger partial charge in [-0.3, -0.25) is 0 Å². The first-order valence-electron chi connectivity index (χ1n) is 15.5. The molecule has 2 aliphatic carbocycles. The van der Waals surface area contributed by atoms with Crippen LogP contribution >= 0.6 is 0 Å². The van der Waals surface area contributed by atoms with Crippen LogP contribution in [0.25, 0.3) is 44.3 Å². The molecular formula is C40H38N2Ti. The molecule has 0 spiro atoms. The number of aromatic nitrogens is 2. The summed E-state index contributed by atoms with van der Waals surface area (Å²) in [5.41, 5.74) is 17.2. The molecule has 2 unspecified atom stereocenters. The topological polar surface area (TPSA) is 9.86 Å². The van der Waals surface area contributed by atoms with Gasteiger partial charge in [-0.2, -0.15) is 0 Å². The summed E-state index contributed by atoms with van der Waals surface area (Å²) < 4.78 is 6.03. The zero-order valence-corrected chi connectivity index (χ0v) is 27.5. The van der Waals surface area contributed by atoms with Gasteiger partial charge in [0.15, 0.2) is 0 Å². The normalized spacial score (nSPS) is 18.3. The molecule has 0 fully saturated rings. The number of hydrogen-bond acceptors (Lipinski definition) is 0. The van der Waals surface area contributed by atoms with E-state index in [1.807, 2.05) is 0 Å². The second-order valence-electron chi connectivity index (χ2n) is 13.2. The summed E-state index contributed by atoms with van der Waals surface area (Å²) in [6, 6.07) is 40.2. The van der Waals surface area contributed by atoms with Crippen LogP contribution in [-0.4, -0.2) is 9.13 Å². The first-order chi connectivity index (χ1) is 20.8. The minimum absolute atomic E-state index is 0.474. The van der Waals surface area contributed by atoms with E-state index in [0.717, 1.165) is 0 Å². The van der Waals surface area contributed by atoms with Crippen molar-refractivity contribution in [2.45, 2.75) is 46.6 Å². The van der Waals surface area contributed by atoms with E-state index in [9.17, 15) is 0 Å². The van der Waals surface area contributed by atoms with Gasteiger partial charge < -0.3 is 0 Å². The second-order valence-corrected chi connectivity index (χ2v) is 20.7. The summed E-state index contributed by atoms with van der Waals surface area (Å²) in [7, 11) is 0. The van der Waals surface area contributed by atoms with Crippen LogP contribution in [0.3, 0.4) is 0 Å². The summed E-state index contributed by atoms with van der Waals surface area (Å²) in [4.78, 5) is 0. The van der Waals surface area contributed by atoms with Crippen molar-refractivity contribution in [3.63, 3.8) is 0 Å². The van der Waals surface area contributed by atoms with Crippen LogP contribution in [0, 0.1) is 0 Å². The van der Waals surface area contributed by atoms with Crippen molar-refractivity contribution >= 4 is 33.0 Å². The number of benzene rings is 4. The fourth-order valence-corrected chi connectivity index (χ4v) is 16.7. The third kappa shape index (κ3) is 3.57. The van der Waals surface area contributed by atoms with E-state index in [-0.39, 0.29) is 0 Å². The maximum absolute atomic E-state index is 2.81. The van der Waals surface area contributed by atoms with Gasteiger partial charge in [0, 0.05) is 0 Å². The van der Waals surface area contributed by atoms with Gasteiger partial charge in [-0.1, -0.05) is 0 Å². The molecule has 6 aromatic rings. The molecule has 4 aromatic carbocycles. The van der Waals surface area contributed by atoms with Crippen molar-refractivity contribution in [2.75, 3.05) is 0 Å². The molecule has 2 atom stereocenters. The van der Waals surface area contributed by atoms with E-state index in [1.54, 1.807) is 22.3 Å². The third-order valence-corrected chi connectivity index (χ3v) is 17.6. The van der Waals surface area contributed by atoms with Gasteiger partial charge in [-0.05, 0) is 0 Å². The molecule has 0 saturated heterocycles. The number of rotatable bonds is 4. The minimum atomic E-state index is -2.81. The van der Waals surface area contributed by atoms with Crippen molar-refractivity contribution in [2.24, 2.45) is 0 Å². The Kier molecular flexibility index (Phi) is 5.96. The van der Waals surface area contributed by atoms with E-state index in [0.29, 0.717) is 8.45 Å². The van der Waals surface area contributed by atoms with E-state index < -0.39 is 16.6 Å². The molecule has 2 nitrogen and oxygen atoms in total. The molecule has 0 N–H and O–H groups in total. The zero-order chi connectivity index (χ0) is 29.6. The SMILES string of the molecule is CC1=C(C)[CH]([Ti]([CH3])([CH3])[CH]2C(C)=C(C)c3c2c2ccccc2n3-c2ccccc2)c2c1n(-c1ccccc1)c1ccccc21. The standard InChI is InChI=1S/2C19H16N.2CH3.Ti/c2*1-13-12-17-16-10-6-7-11-18(16)20(19(17)14(13)2)15-8-4-3-5-9-15;;;/h2*3-12H,1-2H3;2*1H3;. The number of hydrogen-bond donors (Lipinski definition) is 0. The Bertz CT molecular complexity index is 1980. The van der Waals surface area contributed by atoms with E-state index in [1.165, 1.54) is 55.7 Å². The van der Waals surface area contributed by atoms with Crippen LogP contribution in [0.15, 0.2) is 120 Å². The van der Waals surface area contributed by atoms with Crippen molar-refractivity contribution in [1.82, 2.24) is 9.13 Å². The van der Waals surface area contributed by atoms with Crippen molar-refractivity contribution in [3.8, 4) is 11.4 Å². The number of fused-ring (bicyclic) bond motifs is 6. The van der Waals surface area contributed by atoms with Crippen LogP contribution in [0.5, 0.6) is 0 Å². The van der Waals surface area contributed by atoms with Crippen molar-refractivity contribution in [1.29, 1.82) is 0 Å². The van der Waals surface area contributed by atoms with Gasteiger partial charge in [-0.25, -0.2) is 0 Å². The Morgan fingerprint density at radius 3 is 1.21 bits per heavy atom. The molecule has 3 heteroatoms. The Morgan fingerprint density at radius 1 is 0.465 bits per heavy atom. The molecule has 43 heavy (non-hydrogen) atoms. The molecule has 0 saturated carbocycles. The molecule has 2 aromatic heterocycles. The van der Waals surface area contributed by atoms with Crippen molar-refractivity contribution in [3.05, 3.63) is 143 Å². The number of nitrogens with zero attached hydrogens (tertiary/aromatic N) is 2. The van der Waals surface area contributed by atoms with Gasteiger partial charge in [0.2, 0.25) is 0 Å². The zero-order valence-electron chi connectivity index (χ0n) is 25.9. The van der Waals surface area contributed by atoms with Gasteiger partial charge in [0.1, 0.15) is 0 Å². The monoisotopic (exact) mass is 594 g/mol. The molecular weight excluding hydrogens is 556 g/mol. The summed E-state index contributed by atoms with van der Waals surface area (Å²) in [5, 5.41) is 8.28. The van der Waals surface area contributed by atoms with Gasteiger partial charge in [0.05, 0.1) is 0 Å². The predicted molar refractivity (Wildman–Crippen MR) is 180 cm³/mol. The first-order valence-corrected chi connectivity index (χ1v) is 20.5. The Hall–Kier alpha value is -3.85. The van der Waals surface area contributed by atoms with Crippen LogP contribution in [0.2, 0.25) is 10.5 Å². The maximum atomic E-state index is 2.72. The van der Waals surface area contributed by atoms with Crippen LogP contribution in [-0.2, 0) is 16.6 Å². The molecule has 8 rings (SSSR count). The Labute approximate surface area is 258 Å². The van der Waals surface area contributed by atoms with Crippen LogP contribution in [0.1, 0.15) is 58.7 Å². The average Bonchev–Trinajstić information content (AvgIpc) is 3.70. The summed E-state index contributed by atoms with van der Waals surface area (Å²) >= 11 is -2.81. The predicted octanol–water partition coefficient (Wildman–Crippen LogP) is 11.2. The molecule has 0 bridgehead atoms. The molecule has 2 aliphatic rings. The second kappa shape index (κ2) is 9.58. The van der Waals surface area contributed by atoms with E-state index >= 15 is 0 Å². The molecule has 0 aliphatic heterocycles. The van der Waals surface area contributed by atoms with Crippen LogP contribution in [0.4, 0.5) is 0 Å². The third-order valence-electron chi connectivity index (χ3n) is 10.7. The summed E-state index contributed by atoms with van der Waals surface area (Å²) in [6.45, 7) is 9.62. The molecule has 0 radical (unpaired) electrons. The first kappa shape index (κ1) is 26.8. The average molecular weight is 595 g/mol. The quantitative estimate of drug-likeness (QED) is 0.180. The van der Waals surface area contributed by atoms with E-state index in [4.69, 9.17) is 0 Å². The fraction of sp³-hybridized carbons (Fsp3) is 0.200. The van der Waals surface area contributed by atoms with E-state index in [2.05, 4.69) is 156 Å². The Balaban J connectivity index is 1.40. The molecule has 0 amide bonds.